The molecule has 0 saturated heterocycles. The van der Waals surface area contributed by atoms with Gasteiger partial charge in [0, 0.05) is 0 Å². The van der Waals surface area contributed by atoms with E-state index in [1.807, 2.05) is 0 Å². The molecule has 0 saturated carbocycles. The second kappa shape index (κ2) is 4.86. The molecular weight excluding hydrogens is 109 g/mol. The molecule has 0 aliphatic carbocycles. The van der Waals surface area contributed by atoms with E-state index in [1.165, 1.54) is 20.4 Å². The standard InChI is InChI=1S/C7H18BN/c1-5-6-9(4)8-7(2)3/h7-8H,5-6H2,1-4H3. The topological polar surface area (TPSA) is 3.24 Å². The summed E-state index contributed by atoms with van der Waals surface area (Å²) < 4.78 is 0. The Kier molecular flexibility index (Phi) is 4.88. The first-order valence-electron chi connectivity index (χ1n) is 3.85. The van der Waals surface area contributed by atoms with Crippen LogP contribution in [0.2, 0.25) is 5.82 Å². The van der Waals surface area contributed by atoms with E-state index in [2.05, 4.69) is 32.6 Å². The van der Waals surface area contributed by atoms with Gasteiger partial charge in [0.2, 0.25) is 7.41 Å². The highest BCUT2D eigenvalue weighted by Gasteiger charge is 2.01. The molecule has 54 valence electrons. The van der Waals surface area contributed by atoms with E-state index in [4.69, 9.17) is 0 Å². The van der Waals surface area contributed by atoms with Gasteiger partial charge in [0.25, 0.3) is 0 Å². The summed E-state index contributed by atoms with van der Waals surface area (Å²) in [5, 5.41) is 0. The van der Waals surface area contributed by atoms with E-state index in [0.29, 0.717) is 0 Å². The maximum Gasteiger partial charge on any atom is 0.206 e. The fourth-order valence-corrected chi connectivity index (χ4v) is 1.10. The lowest BCUT2D eigenvalue weighted by Crippen LogP contribution is -2.25. The third-order valence-electron chi connectivity index (χ3n) is 1.28. The van der Waals surface area contributed by atoms with Crippen molar-refractivity contribution in [3.8, 4) is 0 Å². The molecule has 0 unspecified atom stereocenters. The largest absolute Gasteiger partial charge is 0.348 e. The molecule has 0 N–H and O–H groups in total. The highest BCUT2D eigenvalue weighted by molar-refractivity contribution is 6.33. The minimum absolute atomic E-state index is 0.807. The lowest BCUT2D eigenvalue weighted by molar-refractivity contribution is 0.521. The quantitative estimate of drug-likeness (QED) is 0.517. The van der Waals surface area contributed by atoms with Crippen LogP contribution in [0.3, 0.4) is 0 Å². The van der Waals surface area contributed by atoms with Gasteiger partial charge in [-0.1, -0.05) is 26.6 Å². The van der Waals surface area contributed by atoms with Crippen LogP contribution in [0.4, 0.5) is 0 Å². The van der Waals surface area contributed by atoms with Crippen LogP contribution in [0.5, 0.6) is 0 Å². The van der Waals surface area contributed by atoms with Crippen LogP contribution in [0.1, 0.15) is 27.2 Å². The van der Waals surface area contributed by atoms with Gasteiger partial charge in [-0.15, -0.1) is 0 Å². The van der Waals surface area contributed by atoms with Crippen molar-refractivity contribution >= 4 is 7.41 Å². The maximum absolute atomic E-state index is 2.38. The van der Waals surface area contributed by atoms with E-state index in [0.717, 1.165) is 5.82 Å². The predicted molar refractivity (Wildman–Crippen MR) is 45.2 cm³/mol. The first kappa shape index (κ1) is 9.02. The van der Waals surface area contributed by atoms with Crippen molar-refractivity contribution in [2.45, 2.75) is 33.0 Å². The molecule has 0 heterocycles. The Morgan fingerprint density at radius 3 is 2.33 bits per heavy atom. The zero-order chi connectivity index (χ0) is 7.28. The molecule has 1 nitrogen and oxygen atoms in total. The summed E-state index contributed by atoms with van der Waals surface area (Å²) in [6.45, 7) is 7.97. The third kappa shape index (κ3) is 5.90. The summed E-state index contributed by atoms with van der Waals surface area (Å²) in [5.74, 6) is 0.807. The van der Waals surface area contributed by atoms with Crippen LogP contribution in [0.25, 0.3) is 0 Å². The molecule has 0 fully saturated rings. The average Bonchev–Trinajstić information content (AvgIpc) is 1.63. The fraction of sp³-hybridized carbons (Fsp3) is 1.00. The normalized spacial score (nSPS) is 10.9. The number of hydrogen-bond acceptors (Lipinski definition) is 1. The molecule has 0 aromatic carbocycles. The average molecular weight is 127 g/mol. The first-order chi connectivity index (χ1) is 4.16. The molecule has 0 rings (SSSR count). The van der Waals surface area contributed by atoms with Crippen molar-refractivity contribution in [2.75, 3.05) is 13.6 Å². The van der Waals surface area contributed by atoms with E-state index < -0.39 is 0 Å². The van der Waals surface area contributed by atoms with Crippen LogP contribution in [0, 0.1) is 0 Å². The molecule has 0 aromatic heterocycles. The molecule has 0 atom stereocenters. The van der Waals surface area contributed by atoms with E-state index in [-0.39, 0.29) is 0 Å². The summed E-state index contributed by atoms with van der Waals surface area (Å²) in [5.41, 5.74) is 0. The Hall–Kier alpha value is 0.0249. The summed E-state index contributed by atoms with van der Waals surface area (Å²) in [6.07, 6.45) is 1.27. The molecule has 0 spiro atoms. The van der Waals surface area contributed by atoms with E-state index in [1.54, 1.807) is 0 Å². The van der Waals surface area contributed by atoms with Gasteiger partial charge >= 0.3 is 0 Å². The molecule has 2 heteroatoms. The van der Waals surface area contributed by atoms with Gasteiger partial charge in [-0.2, -0.15) is 0 Å². The monoisotopic (exact) mass is 127 g/mol. The molecule has 0 aromatic rings. The predicted octanol–water partition coefficient (Wildman–Crippen LogP) is 1.51. The van der Waals surface area contributed by atoms with Gasteiger partial charge in [-0.05, 0) is 20.0 Å². The van der Waals surface area contributed by atoms with Crippen molar-refractivity contribution in [1.29, 1.82) is 0 Å². The van der Waals surface area contributed by atoms with Crippen LogP contribution < -0.4 is 0 Å². The third-order valence-corrected chi connectivity index (χ3v) is 1.28. The fourth-order valence-electron chi connectivity index (χ4n) is 1.10. The summed E-state index contributed by atoms with van der Waals surface area (Å²) in [6, 6.07) is 0. The highest BCUT2D eigenvalue weighted by Crippen LogP contribution is 1.98. The van der Waals surface area contributed by atoms with Crippen LogP contribution in [0.15, 0.2) is 0 Å². The summed E-state index contributed by atoms with van der Waals surface area (Å²) in [4.78, 5) is 2.38. The minimum Gasteiger partial charge on any atom is -0.348 e. The van der Waals surface area contributed by atoms with Gasteiger partial charge < -0.3 is 4.81 Å². The van der Waals surface area contributed by atoms with Gasteiger partial charge in [0.1, 0.15) is 0 Å². The first-order valence-corrected chi connectivity index (χ1v) is 3.85. The smallest absolute Gasteiger partial charge is 0.206 e. The molecule has 0 aliphatic rings. The Bertz CT molecular complexity index is 63.9. The number of rotatable bonds is 4. The Morgan fingerprint density at radius 2 is 2.00 bits per heavy atom. The Balaban J connectivity index is 3.15. The zero-order valence-corrected chi connectivity index (χ0v) is 7.15. The summed E-state index contributed by atoms with van der Waals surface area (Å²) >= 11 is 0. The van der Waals surface area contributed by atoms with Crippen molar-refractivity contribution in [2.24, 2.45) is 0 Å². The highest BCUT2D eigenvalue weighted by atomic mass is 15.0. The van der Waals surface area contributed by atoms with Crippen molar-refractivity contribution < 1.29 is 0 Å². The maximum atomic E-state index is 2.38. The zero-order valence-electron chi connectivity index (χ0n) is 7.15. The van der Waals surface area contributed by atoms with Gasteiger partial charge in [-0.25, -0.2) is 0 Å². The van der Waals surface area contributed by atoms with Crippen LogP contribution in [-0.4, -0.2) is 25.8 Å². The van der Waals surface area contributed by atoms with E-state index >= 15 is 0 Å². The van der Waals surface area contributed by atoms with Gasteiger partial charge in [0.05, 0.1) is 0 Å². The molecule has 0 bridgehead atoms. The lowest BCUT2D eigenvalue weighted by Gasteiger charge is -2.15. The minimum atomic E-state index is 0.807. The molecule has 0 aliphatic heterocycles. The van der Waals surface area contributed by atoms with Crippen molar-refractivity contribution in [3.05, 3.63) is 0 Å². The van der Waals surface area contributed by atoms with Gasteiger partial charge in [-0.3, -0.25) is 0 Å². The number of hydrogen-bond donors (Lipinski definition) is 0. The van der Waals surface area contributed by atoms with E-state index in [9.17, 15) is 0 Å². The molecule has 0 amide bonds. The molecule has 0 radical (unpaired) electrons. The van der Waals surface area contributed by atoms with Crippen LogP contribution >= 0.6 is 0 Å². The molecule has 9 heavy (non-hydrogen) atoms. The molecular formula is C7H18BN. The van der Waals surface area contributed by atoms with Crippen molar-refractivity contribution in [1.82, 2.24) is 4.81 Å². The second-order valence-corrected chi connectivity index (χ2v) is 3.16. The second-order valence-electron chi connectivity index (χ2n) is 3.16. The Labute approximate surface area is 59.7 Å². The SMILES string of the molecule is CCCN(C)BC(C)C. The number of nitrogens with zero attached hydrogens (tertiary/aromatic N) is 1. The summed E-state index contributed by atoms with van der Waals surface area (Å²) in [7, 11) is 3.41. The van der Waals surface area contributed by atoms with Crippen molar-refractivity contribution in [3.63, 3.8) is 0 Å². The lowest BCUT2D eigenvalue weighted by atomic mass is 9.76. The Morgan fingerprint density at radius 1 is 1.44 bits per heavy atom. The van der Waals surface area contributed by atoms with Crippen LogP contribution in [-0.2, 0) is 0 Å². The van der Waals surface area contributed by atoms with Gasteiger partial charge in [0.15, 0.2) is 0 Å².